The second-order valence-corrected chi connectivity index (χ2v) is 4.77. The van der Waals surface area contributed by atoms with E-state index in [9.17, 15) is 4.79 Å². The molecule has 4 heteroatoms. The quantitative estimate of drug-likeness (QED) is 0.515. The Morgan fingerprint density at radius 3 is 2.38 bits per heavy atom. The average molecular weight is 244 g/mol. The van der Waals surface area contributed by atoms with Crippen molar-refractivity contribution >= 4 is 37.8 Å². The fraction of sp³-hybridized carbons (Fsp3) is 0.750. The fourth-order valence-corrected chi connectivity index (χ4v) is 1.05. The molecule has 1 atom stereocenters. The van der Waals surface area contributed by atoms with E-state index in [-0.39, 0.29) is 15.8 Å². The van der Waals surface area contributed by atoms with Gasteiger partial charge in [0, 0.05) is 0 Å². The van der Waals surface area contributed by atoms with Crippen LogP contribution in [0.2, 0.25) is 0 Å². The van der Waals surface area contributed by atoms with Gasteiger partial charge in [0.25, 0.3) is 0 Å². The van der Waals surface area contributed by atoms with E-state index in [1.165, 1.54) is 0 Å². The molecule has 0 N–H and O–H groups in total. The molecule has 0 amide bonds. The molecule has 1 aliphatic rings. The van der Waals surface area contributed by atoms with Crippen molar-refractivity contribution in [1.29, 1.82) is 0 Å². The normalized spacial score (nSPS) is 27.4. The van der Waals surface area contributed by atoms with E-state index in [1.54, 1.807) is 0 Å². The molecule has 1 saturated heterocycles. The Morgan fingerprint density at radius 1 is 1.75 bits per heavy atom. The number of hydrogen-bond acceptors (Lipinski definition) is 2. The lowest BCUT2D eigenvalue weighted by atomic mass is 10.2. The van der Waals surface area contributed by atoms with Gasteiger partial charge >= 0.3 is 5.97 Å². The van der Waals surface area contributed by atoms with Crippen molar-refractivity contribution < 1.29 is 9.53 Å². The molecule has 0 bridgehead atoms. The van der Waals surface area contributed by atoms with Crippen molar-refractivity contribution in [3.8, 4) is 0 Å². The maximum Gasteiger partial charge on any atom is 0.309 e. The van der Waals surface area contributed by atoms with Crippen LogP contribution in [0.4, 0.5) is 0 Å². The second-order valence-electron chi connectivity index (χ2n) is 1.57. The monoisotopic (exact) mass is 242 g/mol. The molecule has 8 heavy (non-hydrogen) atoms. The minimum Gasteiger partial charge on any atom is -0.460 e. The Kier molecular flexibility index (Phi) is 1.92. The van der Waals surface area contributed by atoms with Crippen LogP contribution in [0.1, 0.15) is 6.42 Å². The van der Waals surface area contributed by atoms with Gasteiger partial charge in [0.05, 0.1) is 6.42 Å². The van der Waals surface area contributed by atoms with Crippen molar-refractivity contribution in [1.82, 2.24) is 0 Å². The summed E-state index contributed by atoms with van der Waals surface area (Å²) in [5.74, 6) is -0.112. The molecule has 0 aromatic carbocycles. The molecular weight excluding hydrogens is 240 g/mol. The smallest absolute Gasteiger partial charge is 0.309 e. The zero-order valence-electron chi connectivity index (χ0n) is 3.93. The van der Waals surface area contributed by atoms with Gasteiger partial charge in [0.2, 0.25) is 0 Å². The van der Waals surface area contributed by atoms with Gasteiger partial charge in [-0.15, -0.1) is 0 Å². The van der Waals surface area contributed by atoms with E-state index in [2.05, 4.69) is 36.6 Å². The molecular formula is C4H4Br2O2. The summed E-state index contributed by atoms with van der Waals surface area (Å²) < 4.78 is 4.79. The molecule has 1 unspecified atom stereocenters. The van der Waals surface area contributed by atoms with Crippen LogP contribution < -0.4 is 0 Å². The van der Waals surface area contributed by atoms with Gasteiger partial charge in [-0.3, -0.25) is 4.79 Å². The van der Waals surface area contributed by atoms with Crippen LogP contribution in [0.3, 0.4) is 0 Å². The summed E-state index contributed by atoms with van der Waals surface area (Å²) in [6.45, 7) is 0. The Bertz CT molecular complexity index is 105. The zero-order chi connectivity index (χ0) is 6.15. The Labute approximate surface area is 63.8 Å². The molecule has 1 aliphatic heterocycles. The third-order valence-corrected chi connectivity index (χ3v) is 2.11. The summed E-state index contributed by atoms with van der Waals surface area (Å²) >= 11 is 6.44. The van der Waals surface area contributed by atoms with Gasteiger partial charge < -0.3 is 4.74 Å². The molecule has 0 aliphatic carbocycles. The van der Waals surface area contributed by atoms with E-state index in [0.29, 0.717) is 6.42 Å². The number of cyclic esters (lactones) is 1. The Morgan fingerprint density at radius 2 is 2.25 bits per heavy atom. The highest BCUT2D eigenvalue weighted by Gasteiger charge is 2.32. The first kappa shape index (κ1) is 6.55. The number of halogens is 2. The first-order valence-corrected chi connectivity index (χ1v) is 4.01. The number of esters is 1. The predicted octanol–water partition coefficient (Wildman–Crippen LogP) is 1.42. The lowest BCUT2D eigenvalue weighted by Crippen LogP contribution is -2.36. The number of ether oxygens (including phenoxy) is 1. The molecule has 1 heterocycles. The Hall–Kier alpha value is 0.430. The molecule has 46 valence electrons. The molecule has 1 rings (SSSR count). The number of alkyl halides is 2. The summed E-state index contributed by atoms with van der Waals surface area (Å²) in [6.07, 6.45) is 0.573. The highest BCUT2D eigenvalue weighted by molar-refractivity contribution is 9.24. The number of carbonyl (C=O) groups excluding carboxylic acids is 1. The van der Waals surface area contributed by atoms with Gasteiger partial charge in [-0.25, -0.2) is 0 Å². The maximum atomic E-state index is 10.2. The minimum absolute atomic E-state index is 0.0440. The van der Waals surface area contributed by atoms with E-state index in [1.807, 2.05) is 0 Å². The van der Waals surface area contributed by atoms with Crippen LogP contribution in [-0.2, 0) is 9.53 Å². The van der Waals surface area contributed by atoms with Gasteiger partial charge in [-0.05, 0) is 0 Å². The van der Waals surface area contributed by atoms with Crippen molar-refractivity contribution in [2.24, 2.45) is 0 Å². The van der Waals surface area contributed by atoms with Gasteiger partial charge in [-0.2, -0.15) is 0 Å². The standard InChI is InChI=1S/C4H4Br2O2/c5-4(6)2-1-3(7)8-2/h2,4H,1H2. The summed E-state index contributed by atoms with van der Waals surface area (Å²) in [6, 6.07) is 0. The van der Waals surface area contributed by atoms with Gasteiger partial charge in [0.15, 0.2) is 0 Å². The maximum absolute atomic E-state index is 10.2. The predicted molar refractivity (Wildman–Crippen MR) is 36.1 cm³/mol. The van der Waals surface area contributed by atoms with Gasteiger partial charge in [0.1, 0.15) is 9.84 Å². The summed E-state index contributed by atoms with van der Waals surface area (Å²) in [5, 5.41) is 0. The lowest BCUT2D eigenvalue weighted by molar-refractivity contribution is -0.167. The van der Waals surface area contributed by atoms with E-state index in [4.69, 9.17) is 0 Å². The molecule has 1 fully saturated rings. The molecule has 0 spiro atoms. The van der Waals surface area contributed by atoms with E-state index < -0.39 is 0 Å². The third kappa shape index (κ3) is 1.23. The van der Waals surface area contributed by atoms with Crippen LogP contribution in [-0.4, -0.2) is 15.8 Å². The van der Waals surface area contributed by atoms with Crippen molar-refractivity contribution in [3.63, 3.8) is 0 Å². The summed E-state index contributed by atoms with van der Waals surface area (Å²) in [4.78, 5) is 10.2. The molecule has 2 nitrogen and oxygen atoms in total. The van der Waals surface area contributed by atoms with Crippen molar-refractivity contribution in [2.45, 2.75) is 16.3 Å². The van der Waals surface area contributed by atoms with Crippen LogP contribution >= 0.6 is 31.9 Å². The van der Waals surface area contributed by atoms with E-state index in [0.717, 1.165) is 0 Å². The van der Waals surface area contributed by atoms with Crippen LogP contribution in [0.5, 0.6) is 0 Å². The first-order chi connectivity index (χ1) is 3.70. The largest absolute Gasteiger partial charge is 0.460 e. The highest BCUT2D eigenvalue weighted by atomic mass is 79.9. The van der Waals surface area contributed by atoms with E-state index >= 15 is 0 Å². The first-order valence-electron chi connectivity index (χ1n) is 2.18. The number of hydrogen-bond donors (Lipinski definition) is 0. The lowest BCUT2D eigenvalue weighted by Gasteiger charge is -2.26. The van der Waals surface area contributed by atoms with Crippen LogP contribution in [0.15, 0.2) is 0 Å². The van der Waals surface area contributed by atoms with Crippen molar-refractivity contribution in [3.05, 3.63) is 0 Å². The highest BCUT2D eigenvalue weighted by Crippen LogP contribution is 2.25. The fourth-order valence-electron chi connectivity index (χ4n) is 0.464. The number of carbonyl (C=O) groups is 1. The van der Waals surface area contributed by atoms with Gasteiger partial charge in [-0.1, -0.05) is 31.9 Å². The molecule has 0 radical (unpaired) electrons. The third-order valence-electron chi connectivity index (χ3n) is 0.932. The SMILES string of the molecule is O=C1CC(C(Br)Br)O1. The molecule has 0 saturated carbocycles. The molecule has 0 aromatic heterocycles. The minimum atomic E-state index is -0.112. The number of rotatable bonds is 1. The summed E-state index contributed by atoms with van der Waals surface area (Å²) in [5.41, 5.74) is 0. The van der Waals surface area contributed by atoms with Crippen molar-refractivity contribution in [2.75, 3.05) is 0 Å². The summed E-state index contributed by atoms with van der Waals surface area (Å²) in [7, 11) is 0. The van der Waals surface area contributed by atoms with Crippen LogP contribution in [0.25, 0.3) is 0 Å². The Balaban J connectivity index is 2.25. The van der Waals surface area contributed by atoms with Crippen LogP contribution in [0, 0.1) is 0 Å². The average Bonchev–Trinajstić information content (AvgIpc) is 1.57. The zero-order valence-corrected chi connectivity index (χ0v) is 7.11. The molecule has 0 aromatic rings. The second kappa shape index (κ2) is 2.35. The topological polar surface area (TPSA) is 26.3 Å².